The summed E-state index contributed by atoms with van der Waals surface area (Å²) >= 11 is 1.33. The number of hydrogen-bond acceptors (Lipinski definition) is 4. The van der Waals surface area contributed by atoms with Gasteiger partial charge >= 0.3 is 5.97 Å². The van der Waals surface area contributed by atoms with E-state index in [1.807, 2.05) is 12.2 Å². The lowest BCUT2D eigenvalue weighted by atomic mass is 9.82. The maximum absolute atomic E-state index is 12.2. The van der Waals surface area contributed by atoms with Crippen molar-refractivity contribution in [3.63, 3.8) is 0 Å². The van der Waals surface area contributed by atoms with Gasteiger partial charge < -0.3 is 10.4 Å². The maximum atomic E-state index is 12.2. The Kier molecular flexibility index (Phi) is 2.66. The predicted octanol–water partition coefficient (Wildman–Crippen LogP) is 1.60. The normalized spacial score (nSPS) is 32.7. The van der Waals surface area contributed by atoms with Crippen molar-refractivity contribution in [3.05, 3.63) is 23.7 Å². The molecule has 4 atom stereocenters. The zero-order valence-corrected chi connectivity index (χ0v) is 10.3. The molecule has 1 amide bonds. The number of fused-ring (bicyclic) bond motifs is 2. The van der Waals surface area contributed by atoms with E-state index in [1.165, 1.54) is 11.3 Å². The third-order valence-corrected chi connectivity index (χ3v) is 4.40. The van der Waals surface area contributed by atoms with E-state index in [0.29, 0.717) is 5.13 Å². The highest BCUT2D eigenvalue weighted by atomic mass is 32.1. The van der Waals surface area contributed by atoms with Gasteiger partial charge in [-0.25, -0.2) is 4.98 Å². The Labute approximate surface area is 108 Å². The van der Waals surface area contributed by atoms with Gasteiger partial charge in [-0.05, 0) is 18.3 Å². The van der Waals surface area contributed by atoms with Crippen LogP contribution in [0.15, 0.2) is 23.7 Å². The molecule has 2 aliphatic carbocycles. The molecule has 1 heterocycles. The summed E-state index contributed by atoms with van der Waals surface area (Å²) in [5.41, 5.74) is 0. The molecular weight excluding hydrogens is 252 g/mol. The second-order valence-electron chi connectivity index (χ2n) is 4.66. The van der Waals surface area contributed by atoms with Crippen LogP contribution in [0, 0.1) is 23.7 Å². The molecule has 0 spiro atoms. The monoisotopic (exact) mass is 264 g/mol. The first kappa shape index (κ1) is 11.4. The number of carboxylic acids is 1. The smallest absolute Gasteiger partial charge is 0.307 e. The number of hydrogen-bond donors (Lipinski definition) is 2. The quantitative estimate of drug-likeness (QED) is 0.813. The number of carbonyl (C=O) groups is 2. The van der Waals surface area contributed by atoms with Gasteiger partial charge in [-0.1, -0.05) is 12.2 Å². The van der Waals surface area contributed by atoms with Gasteiger partial charge in [-0.2, -0.15) is 0 Å². The average Bonchev–Trinajstić information content (AvgIpc) is 3.03. The van der Waals surface area contributed by atoms with E-state index in [2.05, 4.69) is 10.3 Å². The van der Waals surface area contributed by atoms with Crippen LogP contribution >= 0.6 is 11.3 Å². The van der Waals surface area contributed by atoms with Crippen LogP contribution in [0.4, 0.5) is 5.13 Å². The number of nitrogens with zero attached hydrogens (tertiary/aromatic N) is 1. The topological polar surface area (TPSA) is 79.3 Å². The van der Waals surface area contributed by atoms with Gasteiger partial charge in [0, 0.05) is 11.6 Å². The van der Waals surface area contributed by atoms with E-state index in [1.54, 1.807) is 11.6 Å². The number of amides is 1. The Bertz CT molecular complexity index is 511. The summed E-state index contributed by atoms with van der Waals surface area (Å²) in [6, 6.07) is 0. The molecule has 2 aliphatic rings. The highest BCUT2D eigenvalue weighted by Crippen LogP contribution is 2.48. The minimum Gasteiger partial charge on any atom is -0.481 e. The Balaban J connectivity index is 1.80. The molecule has 1 aromatic rings. The lowest BCUT2D eigenvalue weighted by molar-refractivity contribution is -0.146. The minimum absolute atomic E-state index is 0.000421. The Morgan fingerprint density at radius 2 is 2.06 bits per heavy atom. The first-order chi connectivity index (χ1) is 8.66. The number of aliphatic carboxylic acids is 1. The van der Waals surface area contributed by atoms with E-state index < -0.39 is 17.8 Å². The fourth-order valence-corrected chi connectivity index (χ4v) is 3.52. The molecule has 2 N–H and O–H groups in total. The van der Waals surface area contributed by atoms with Crippen molar-refractivity contribution >= 4 is 28.3 Å². The van der Waals surface area contributed by atoms with Crippen LogP contribution in [0.25, 0.3) is 0 Å². The van der Waals surface area contributed by atoms with Crippen LogP contribution in [-0.2, 0) is 9.59 Å². The number of thiazole rings is 1. The predicted molar refractivity (Wildman–Crippen MR) is 66.1 cm³/mol. The van der Waals surface area contributed by atoms with Crippen molar-refractivity contribution in [2.45, 2.75) is 6.42 Å². The summed E-state index contributed by atoms with van der Waals surface area (Å²) < 4.78 is 0. The van der Waals surface area contributed by atoms with Gasteiger partial charge in [0.1, 0.15) is 0 Å². The van der Waals surface area contributed by atoms with Crippen LogP contribution in [0.3, 0.4) is 0 Å². The van der Waals surface area contributed by atoms with Crippen molar-refractivity contribution in [1.29, 1.82) is 0 Å². The Hall–Kier alpha value is -1.69. The summed E-state index contributed by atoms with van der Waals surface area (Å²) in [7, 11) is 0. The first-order valence-corrected chi connectivity index (χ1v) is 6.66. The van der Waals surface area contributed by atoms with Gasteiger partial charge in [0.2, 0.25) is 5.91 Å². The third kappa shape index (κ3) is 1.73. The summed E-state index contributed by atoms with van der Waals surface area (Å²) in [5, 5.41) is 14.3. The maximum Gasteiger partial charge on any atom is 0.307 e. The number of carboxylic acid groups (broad SMARTS) is 1. The fraction of sp³-hybridized carbons (Fsp3) is 0.417. The molecule has 0 aliphatic heterocycles. The average molecular weight is 264 g/mol. The molecule has 1 saturated carbocycles. The van der Waals surface area contributed by atoms with Crippen LogP contribution in [-0.4, -0.2) is 22.0 Å². The standard InChI is InChI=1S/C12H12N2O3S/c15-10(14-12-13-3-4-18-12)8-6-1-2-7(5-6)9(8)11(16)17/h1-4,6-9H,5H2,(H,16,17)(H,13,14,15)/t6-,7+,8-,9+/m1/s1. The third-order valence-electron chi connectivity index (χ3n) is 3.71. The zero-order valence-electron chi connectivity index (χ0n) is 9.45. The van der Waals surface area contributed by atoms with Crippen molar-refractivity contribution in [2.75, 3.05) is 5.32 Å². The Morgan fingerprint density at radius 3 is 2.67 bits per heavy atom. The fourth-order valence-electron chi connectivity index (χ4n) is 2.99. The van der Waals surface area contributed by atoms with E-state index >= 15 is 0 Å². The van der Waals surface area contributed by atoms with E-state index in [9.17, 15) is 14.7 Å². The number of allylic oxidation sites excluding steroid dienone is 2. The summed E-state index contributed by atoms with van der Waals surface area (Å²) in [6.45, 7) is 0. The first-order valence-electron chi connectivity index (χ1n) is 5.78. The lowest BCUT2D eigenvalue weighted by Gasteiger charge is -2.23. The number of rotatable bonds is 3. The number of aromatic nitrogens is 1. The van der Waals surface area contributed by atoms with Crippen LogP contribution in [0.2, 0.25) is 0 Å². The number of carbonyl (C=O) groups excluding carboxylic acids is 1. The molecule has 3 rings (SSSR count). The van der Waals surface area contributed by atoms with Gasteiger partial charge in [0.05, 0.1) is 11.8 Å². The van der Waals surface area contributed by atoms with Gasteiger partial charge in [0.15, 0.2) is 5.13 Å². The zero-order chi connectivity index (χ0) is 12.7. The van der Waals surface area contributed by atoms with Crippen molar-refractivity contribution in [2.24, 2.45) is 23.7 Å². The van der Waals surface area contributed by atoms with Crippen LogP contribution in [0.5, 0.6) is 0 Å². The number of nitrogens with one attached hydrogen (secondary N) is 1. The van der Waals surface area contributed by atoms with E-state index in [4.69, 9.17) is 0 Å². The summed E-state index contributed by atoms with van der Waals surface area (Å²) in [6.07, 6.45) is 6.27. The molecule has 0 saturated heterocycles. The molecule has 1 fully saturated rings. The van der Waals surface area contributed by atoms with E-state index in [-0.39, 0.29) is 17.7 Å². The largest absolute Gasteiger partial charge is 0.481 e. The molecule has 18 heavy (non-hydrogen) atoms. The second-order valence-corrected chi connectivity index (χ2v) is 5.56. The van der Waals surface area contributed by atoms with Crippen LogP contribution in [0.1, 0.15) is 6.42 Å². The van der Waals surface area contributed by atoms with E-state index in [0.717, 1.165) is 6.42 Å². The Morgan fingerprint density at radius 1 is 1.33 bits per heavy atom. The number of anilines is 1. The molecular formula is C12H12N2O3S. The lowest BCUT2D eigenvalue weighted by Crippen LogP contribution is -2.36. The summed E-state index contributed by atoms with van der Waals surface area (Å²) in [5.74, 6) is -2.13. The summed E-state index contributed by atoms with van der Waals surface area (Å²) in [4.78, 5) is 27.4. The molecule has 94 valence electrons. The van der Waals surface area contributed by atoms with Crippen molar-refractivity contribution in [3.8, 4) is 0 Å². The second kappa shape index (κ2) is 4.20. The van der Waals surface area contributed by atoms with Crippen molar-refractivity contribution in [1.82, 2.24) is 4.98 Å². The molecule has 5 nitrogen and oxygen atoms in total. The molecule has 0 aromatic carbocycles. The SMILES string of the molecule is O=C(O)[C@@H]1[C@H](C(=O)Nc2nccs2)[C@@H]2C=C[C@H]1C2. The van der Waals surface area contributed by atoms with Crippen molar-refractivity contribution < 1.29 is 14.7 Å². The highest BCUT2D eigenvalue weighted by molar-refractivity contribution is 7.13. The van der Waals surface area contributed by atoms with Gasteiger partial charge in [-0.15, -0.1) is 11.3 Å². The molecule has 1 aromatic heterocycles. The minimum atomic E-state index is -0.883. The highest BCUT2D eigenvalue weighted by Gasteiger charge is 2.51. The molecule has 6 heteroatoms. The molecule has 2 bridgehead atoms. The molecule has 0 unspecified atom stereocenters. The van der Waals surface area contributed by atoms with Gasteiger partial charge in [-0.3, -0.25) is 9.59 Å². The molecule has 0 radical (unpaired) electrons. The van der Waals surface area contributed by atoms with Crippen LogP contribution < -0.4 is 5.32 Å². The van der Waals surface area contributed by atoms with Gasteiger partial charge in [0.25, 0.3) is 0 Å².